The van der Waals surface area contributed by atoms with E-state index in [0.29, 0.717) is 17.5 Å². The number of amides is 1. The maximum Gasteiger partial charge on any atom is 0.271 e. The van der Waals surface area contributed by atoms with Crippen LogP contribution >= 0.6 is 0 Å². The lowest BCUT2D eigenvalue weighted by Crippen LogP contribution is -2.36. The van der Waals surface area contributed by atoms with Crippen LogP contribution in [0.25, 0.3) is 0 Å². The van der Waals surface area contributed by atoms with Gasteiger partial charge in [0.1, 0.15) is 5.82 Å². The summed E-state index contributed by atoms with van der Waals surface area (Å²) in [5.41, 5.74) is 5.90. The average Bonchev–Trinajstić information content (AvgIpc) is 2.68. The van der Waals surface area contributed by atoms with Crippen LogP contribution in [0.2, 0.25) is 0 Å². The number of benzene rings is 1. The molecule has 0 saturated heterocycles. The van der Waals surface area contributed by atoms with Crippen molar-refractivity contribution in [3.63, 3.8) is 0 Å². The molecule has 1 fully saturated rings. The smallest absolute Gasteiger partial charge is 0.271 e. The first-order valence-electron chi connectivity index (χ1n) is 9.80. The second-order valence-corrected chi connectivity index (χ2v) is 9.87. The third-order valence-electron chi connectivity index (χ3n) is 5.31. The minimum Gasteiger partial charge on any atom is -0.366 e. The quantitative estimate of drug-likeness (QED) is 0.606. The molecule has 162 valence electrons. The molecule has 30 heavy (non-hydrogen) atoms. The number of nitrogens with one attached hydrogen (secondary N) is 2. The van der Waals surface area contributed by atoms with E-state index >= 15 is 0 Å². The Hall–Kier alpha value is -2.72. The van der Waals surface area contributed by atoms with Crippen molar-refractivity contribution in [2.75, 3.05) is 31.0 Å². The van der Waals surface area contributed by atoms with Crippen LogP contribution < -0.4 is 16.4 Å². The minimum atomic E-state index is -3.37. The normalized spacial score (nSPS) is 19.5. The summed E-state index contributed by atoms with van der Waals surface area (Å²) >= 11 is 0. The zero-order valence-corrected chi connectivity index (χ0v) is 18.2. The van der Waals surface area contributed by atoms with E-state index < -0.39 is 15.7 Å². The summed E-state index contributed by atoms with van der Waals surface area (Å²) < 4.78 is 23.6. The second-order valence-electron chi connectivity index (χ2n) is 7.86. The van der Waals surface area contributed by atoms with Gasteiger partial charge < -0.3 is 21.3 Å². The molecular weight excluding hydrogens is 404 g/mol. The van der Waals surface area contributed by atoms with Gasteiger partial charge in [0.2, 0.25) is 0 Å². The zero-order chi connectivity index (χ0) is 21.9. The number of hydrogen-bond donors (Lipinski definition) is 3. The Morgan fingerprint density at radius 3 is 2.50 bits per heavy atom. The Bertz CT molecular complexity index is 1020. The van der Waals surface area contributed by atoms with Gasteiger partial charge >= 0.3 is 0 Å². The van der Waals surface area contributed by atoms with E-state index in [9.17, 15) is 13.2 Å². The number of nitrogens with two attached hydrogens (primary N) is 1. The van der Waals surface area contributed by atoms with Gasteiger partial charge in [-0.05, 0) is 58.0 Å². The molecule has 1 amide bonds. The molecule has 0 bridgehead atoms. The summed E-state index contributed by atoms with van der Waals surface area (Å²) in [6.45, 7) is 0. The maximum atomic E-state index is 11.8. The van der Waals surface area contributed by atoms with Crippen LogP contribution in [0.3, 0.4) is 0 Å². The molecule has 1 heterocycles. The lowest BCUT2D eigenvalue weighted by molar-refractivity contribution is 0.0996. The molecule has 3 rings (SSSR count). The zero-order valence-electron chi connectivity index (χ0n) is 17.4. The molecule has 10 heteroatoms. The van der Waals surface area contributed by atoms with E-state index in [-0.39, 0.29) is 22.4 Å². The van der Waals surface area contributed by atoms with E-state index in [2.05, 4.69) is 39.6 Å². The number of carbonyl (C=O) groups is 1. The molecule has 1 aromatic heterocycles. The minimum absolute atomic E-state index is 0.0124. The number of rotatable bonds is 7. The molecule has 1 saturated carbocycles. The highest BCUT2D eigenvalue weighted by Crippen LogP contribution is 2.26. The van der Waals surface area contributed by atoms with Gasteiger partial charge in [-0.3, -0.25) is 4.79 Å². The lowest BCUT2D eigenvalue weighted by Gasteiger charge is -2.33. The van der Waals surface area contributed by atoms with E-state index in [0.717, 1.165) is 31.9 Å². The van der Waals surface area contributed by atoms with Gasteiger partial charge in [0.15, 0.2) is 21.3 Å². The van der Waals surface area contributed by atoms with E-state index in [1.54, 1.807) is 12.1 Å². The van der Waals surface area contributed by atoms with Crippen LogP contribution in [0.4, 0.5) is 17.3 Å². The maximum absolute atomic E-state index is 11.8. The third kappa shape index (κ3) is 5.45. The van der Waals surface area contributed by atoms with Gasteiger partial charge in [-0.15, -0.1) is 0 Å². The highest BCUT2D eigenvalue weighted by Gasteiger charge is 2.23. The topological polar surface area (TPSA) is 130 Å². The van der Waals surface area contributed by atoms with Crippen LogP contribution in [0.15, 0.2) is 35.4 Å². The van der Waals surface area contributed by atoms with Crippen LogP contribution in [-0.2, 0) is 9.84 Å². The average molecular weight is 433 g/mol. The van der Waals surface area contributed by atoms with Gasteiger partial charge in [-0.25, -0.2) is 18.4 Å². The standard InChI is InChI=1S/C20H28N6O3S/c1-26(2)15-9-7-13(8-10-15)23-17-12-22-18(19(21)27)20(25-17)24-14-5-4-6-16(11-14)30(3,28)29/h4-6,11-13,15H,7-10H2,1-3H3,(H2,21,27)(H2,23,24,25). The Balaban J connectivity index is 1.80. The van der Waals surface area contributed by atoms with Crippen molar-refractivity contribution in [2.45, 2.75) is 42.7 Å². The van der Waals surface area contributed by atoms with Crippen molar-refractivity contribution in [2.24, 2.45) is 5.73 Å². The third-order valence-corrected chi connectivity index (χ3v) is 6.42. The van der Waals surface area contributed by atoms with E-state index in [4.69, 9.17) is 5.73 Å². The fraction of sp³-hybridized carbons (Fsp3) is 0.450. The number of aromatic nitrogens is 2. The molecule has 0 spiro atoms. The summed E-state index contributed by atoms with van der Waals surface area (Å²) in [6.07, 6.45) is 6.86. The molecule has 1 aromatic carbocycles. The van der Waals surface area contributed by atoms with Gasteiger partial charge in [-0.2, -0.15) is 0 Å². The second kappa shape index (κ2) is 8.97. The summed E-state index contributed by atoms with van der Waals surface area (Å²) in [5, 5.41) is 6.37. The molecule has 1 aliphatic rings. The number of primary amides is 1. The first kappa shape index (κ1) is 22.0. The first-order valence-corrected chi connectivity index (χ1v) is 11.7. The number of nitrogens with zero attached hydrogens (tertiary/aromatic N) is 3. The summed E-state index contributed by atoms with van der Waals surface area (Å²) in [7, 11) is 0.835. The number of hydrogen-bond acceptors (Lipinski definition) is 8. The van der Waals surface area contributed by atoms with E-state index in [1.165, 1.54) is 18.3 Å². The fourth-order valence-electron chi connectivity index (χ4n) is 3.61. The molecular formula is C20H28N6O3S. The SMILES string of the molecule is CN(C)C1CCC(Nc2cnc(C(N)=O)c(Nc3cccc(S(C)(=O)=O)c3)n2)CC1. The van der Waals surface area contributed by atoms with Gasteiger partial charge in [0.05, 0.1) is 11.1 Å². The van der Waals surface area contributed by atoms with Gasteiger partial charge in [-0.1, -0.05) is 6.07 Å². The molecule has 4 N–H and O–H groups in total. The monoisotopic (exact) mass is 432 g/mol. The van der Waals surface area contributed by atoms with Crippen molar-refractivity contribution in [3.8, 4) is 0 Å². The Kier molecular flexibility index (Phi) is 6.57. The van der Waals surface area contributed by atoms with Crippen molar-refractivity contribution in [1.82, 2.24) is 14.9 Å². The largest absolute Gasteiger partial charge is 0.366 e. The Morgan fingerprint density at radius 2 is 1.90 bits per heavy atom. The van der Waals surface area contributed by atoms with Crippen molar-refractivity contribution >= 4 is 33.1 Å². The summed E-state index contributed by atoms with van der Waals surface area (Å²) in [6, 6.07) is 7.14. The molecule has 2 aromatic rings. The van der Waals surface area contributed by atoms with Crippen LogP contribution in [0.1, 0.15) is 36.2 Å². The molecule has 1 aliphatic carbocycles. The molecule has 0 atom stereocenters. The number of anilines is 3. The predicted octanol–water partition coefficient (Wildman–Crippen LogP) is 2.01. The molecule has 0 radical (unpaired) electrons. The summed E-state index contributed by atoms with van der Waals surface area (Å²) in [5.74, 6) is -0.00231. The highest BCUT2D eigenvalue weighted by atomic mass is 32.2. The van der Waals surface area contributed by atoms with Gasteiger partial charge in [0, 0.05) is 24.0 Å². The van der Waals surface area contributed by atoms with Crippen LogP contribution in [0.5, 0.6) is 0 Å². The molecule has 0 aliphatic heterocycles. The molecule has 0 unspecified atom stereocenters. The highest BCUT2D eigenvalue weighted by molar-refractivity contribution is 7.90. The number of carbonyl (C=O) groups excluding carboxylic acids is 1. The number of sulfone groups is 1. The lowest BCUT2D eigenvalue weighted by atomic mass is 9.90. The fourth-order valence-corrected chi connectivity index (χ4v) is 4.28. The van der Waals surface area contributed by atoms with Crippen molar-refractivity contribution in [3.05, 3.63) is 36.2 Å². The Labute approximate surface area is 177 Å². The molecule has 9 nitrogen and oxygen atoms in total. The Morgan fingerprint density at radius 1 is 1.20 bits per heavy atom. The van der Waals surface area contributed by atoms with Crippen LogP contribution in [-0.4, -0.2) is 61.6 Å². The van der Waals surface area contributed by atoms with Crippen molar-refractivity contribution < 1.29 is 13.2 Å². The first-order chi connectivity index (χ1) is 14.1. The van der Waals surface area contributed by atoms with Gasteiger partial charge in [0.25, 0.3) is 5.91 Å². The van der Waals surface area contributed by atoms with Crippen LogP contribution in [0, 0.1) is 0 Å². The van der Waals surface area contributed by atoms with E-state index in [1.807, 2.05) is 0 Å². The summed E-state index contributed by atoms with van der Waals surface area (Å²) in [4.78, 5) is 22.9. The predicted molar refractivity (Wildman–Crippen MR) is 117 cm³/mol. The van der Waals surface area contributed by atoms with Crippen molar-refractivity contribution in [1.29, 1.82) is 0 Å².